The molecule has 1 fully saturated rings. The Morgan fingerprint density at radius 2 is 2.00 bits per heavy atom. The van der Waals surface area contributed by atoms with E-state index >= 15 is 0 Å². The summed E-state index contributed by atoms with van der Waals surface area (Å²) in [5.41, 5.74) is 1.23. The standard InChI is InChI=1S/C11H16N2O3S/c1-12-10-6-5-9(16-8-3-4-8)7-11(10)13-17(2,14)15/h5-8,12-13H,3-4H2,1-2H3. The number of hydrogen-bond donors (Lipinski definition) is 2. The number of nitrogens with one attached hydrogen (secondary N) is 2. The van der Waals surface area contributed by atoms with Crippen molar-refractivity contribution >= 4 is 21.4 Å². The van der Waals surface area contributed by atoms with Crippen LogP contribution in [-0.4, -0.2) is 27.8 Å². The van der Waals surface area contributed by atoms with Gasteiger partial charge in [-0.05, 0) is 25.0 Å². The first-order chi connectivity index (χ1) is 7.98. The molecule has 0 amide bonds. The second-order valence-corrected chi connectivity index (χ2v) is 5.90. The molecule has 94 valence electrons. The maximum Gasteiger partial charge on any atom is 0.229 e. The maximum atomic E-state index is 11.2. The highest BCUT2D eigenvalue weighted by Crippen LogP contribution is 2.32. The van der Waals surface area contributed by atoms with Crippen LogP contribution in [-0.2, 0) is 10.0 Å². The van der Waals surface area contributed by atoms with Crippen LogP contribution in [0.2, 0.25) is 0 Å². The molecule has 0 heterocycles. The van der Waals surface area contributed by atoms with Crippen LogP contribution in [0.1, 0.15) is 12.8 Å². The van der Waals surface area contributed by atoms with Crippen LogP contribution >= 0.6 is 0 Å². The third kappa shape index (κ3) is 3.52. The van der Waals surface area contributed by atoms with Gasteiger partial charge in [-0.1, -0.05) is 0 Å². The molecule has 0 aromatic heterocycles. The van der Waals surface area contributed by atoms with Crippen LogP contribution in [0, 0.1) is 0 Å². The lowest BCUT2D eigenvalue weighted by atomic mass is 10.2. The van der Waals surface area contributed by atoms with E-state index in [2.05, 4.69) is 10.0 Å². The fraction of sp³-hybridized carbons (Fsp3) is 0.455. The highest BCUT2D eigenvalue weighted by molar-refractivity contribution is 7.92. The van der Waals surface area contributed by atoms with Crippen molar-refractivity contribution in [1.82, 2.24) is 0 Å². The van der Waals surface area contributed by atoms with Crippen molar-refractivity contribution in [3.8, 4) is 5.75 Å². The lowest BCUT2D eigenvalue weighted by Gasteiger charge is -2.12. The summed E-state index contributed by atoms with van der Waals surface area (Å²) in [6.45, 7) is 0. The van der Waals surface area contributed by atoms with Crippen molar-refractivity contribution in [2.45, 2.75) is 18.9 Å². The molecule has 0 spiro atoms. The monoisotopic (exact) mass is 256 g/mol. The van der Waals surface area contributed by atoms with Gasteiger partial charge in [0.25, 0.3) is 0 Å². The van der Waals surface area contributed by atoms with Crippen LogP contribution in [0.5, 0.6) is 5.75 Å². The minimum Gasteiger partial charge on any atom is -0.490 e. The minimum absolute atomic E-state index is 0.293. The van der Waals surface area contributed by atoms with Gasteiger partial charge in [-0.2, -0.15) is 0 Å². The summed E-state index contributed by atoms with van der Waals surface area (Å²) in [6.07, 6.45) is 3.56. The molecular weight excluding hydrogens is 240 g/mol. The molecule has 0 atom stereocenters. The Labute approximate surface area is 101 Å². The molecule has 0 unspecified atom stereocenters. The topological polar surface area (TPSA) is 67.4 Å². The average Bonchev–Trinajstić information content (AvgIpc) is 3.00. The molecule has 0 aliphatic heterocycles. The lowest BCUT2D eigenvalue weighted by Crippen LogP contribution is -2.11. The SMILES string of the molecule is CNc1ccc(OC2CC2)cc1NS(C)(=O)=O. The summed E-state index contributed by atoms with van der Waals surface area (Å²) < 4.78 is 30.6. The van der Waals surface area contributed by atoms with Crippen molar-refractivity contribution in [2.75, 3.05) is 23.3 Å². The zero-order valence-electron chi connectivity index (χ0n) is 9.86. The van der Waals surface area contributed by atoms with E-state index in [4.69, 9.17) is 4.74 Å². The number of benzene rings is 1. The Balaban J connectivity index is 2.24. The number of ether oxygens (including phenoxy) is 1. The van der Waals surface area contributed by atoms with Crippen molar-refractivity contribution in [2.24, 2.45) is 0 Å². The Bertz CT molecular complexity index is 509. The minimum atomic E-state index is -3.28. The van der Waals surface area contributed by atoms with Gasteiger partial charge in [0.15, 0.2) is 0 Å². The van der Waals surface area contributed by atoms with Gasteiger partial charge in [-0.25, -0.2) is 8.42 Å². The summed E-state index contributed by atoms with van der Waals surface area (Å²) in [5.74, 6) is 0.692. The molecule has 5 nitrogen and oxygen atoms in total. The lowest BCUT2D eigenvalue weighted by molar-refractivity contribution is 0.303. The maximum absolute atomic E-state index is 11.2. The predicted octanol–water partition coefficient (Wildman–Crippen LogP) is 1.64. The number of anilines is 2. The Morgan fingerprint density at radius 1 is 1.29 bits per heavy atom. The van der Waals surface area contributed by atoms with Crippen molar-refractivity contribution < 1.29 is 13.2 Å². The first-order valence-corrected chi connectivity index (χ1v) is 7.33. The highest BCUT2D eigenvalue weighted by atomic mass is 32.2. The van der Waals surface area contributed by atoms with Gasteiger partial charge in [0.2, 0.25) is 10.0 Å². The normalized spacial score (nSPS) is 15.4. The van der Waals surface area contributed by atoms with E-state index in [-0.39, 0.29) is 0 Å². The fourth-order valence-electron chi connectivity index (χ4n) is 1.48. The highest BCUT2D eigenvalue weighted by Gasteiger charge is 2.23. The summed E-state index contributed by atoms with van der Waals surface area (Å²) >= 11 is 0. The van der Waals surface area contributed by atoms with E-state index in [0.29, 0.717) is 17.5 Å². The van der Waals surface area contributed by atoms with Crippen molar-refractivity contribution in [1.29, 1.82) is 0 Å². The zero-order chi connectivity index (χ0) is 12.5. The van der Waals surface area contributed by atoms with E-state index in [1.54, 1.807) is 19.2 Å². The smallest absolute Gasteiger partial charge is 0.229 e. The molecule has 1 saturated carbocycles. The third-order valence-electron chi connectivity index (χ3n) is 2.38. The Hall–Kier alpha value is -1.43. The molecule has 1 aliphatic carbocycles. The van der Waals surface area contributed by atoms with Gasteiger partial charge in [-0.3, -0.25) is 4.72 Å². The van der Waals surface area contributed by atoms with Crippen LogP contribution in [0.3, 0.4) is 0 Å². The van der Waals surface area contributed by atoms with Gasteiger partial charge in [-0.15, -0.1) is 0 Å². The van der Waals surface area contributed by atoms with Crippen LogP contribution in [0.25, 0.3) is 0 Å². The van der Waals surface area contributed by atoms with Crippen LogP contribution in [0.15, 0.2) is 18.2 Å². The average molecular weight is 256 g/mol. The van der Waals surface area contributed by atoms with Crippen molar-refractivity contribution in [3.05, 3.63) is 18.2 Å². The zero-order valence-corrected chi connectivity index (χ0v) is 10.7. The molecule has 1 aliphatic rings. The molecule has 1 aromatic carbocycles. The van der Waals surface area contributed by atoms with E-state index < -0.39 is 10.0 Å². The fourth-order valence-corrected chi connectivity index (χ4v) is 2.05. The molecule has 17 heavy (non-hydrogen) atoms. The van der Waals surface area contributed by atoms with Crippen LogP contribution in [0.4, 0.5) is 11.4 Å². The number of rotatable bonds is 5. The quantitative estimate of drug-likeness (QED) is 0.840. The molecule has 0 radical (unpaired) electrons. The summed E-state index contributed by atoms with van der Waals surface area (Å²) in [6, 6.07) is 5.33. The second-order valence-electron chi connectivity index (χ2n) is 4.15. The molecular formula is C11H16N2O3S. The first kappa shape index (κ1) is 12.0. The van der Waals surface area contributed by atoms with E-state index in [9.17, 15) is 8.42 Å². The van der Waals surface area contributed by atoms with E-state index in [1.165, 1.54) is 0 Å². The molecule has 0 bridgehead atoms. The van der Waals surface area contributed by atoms with Gasteiger partial charge in [0.05, 0.1) is 23.7 Å². The first-order valence-electron chi connectivity index (χ1n) is 5.44. The summed E-state index contributed by atoms with van der Waals surface area (Å²) in [7, 11) is -1.54. The molecule has 2 rings (SSSR count). The Kier molecular flexibility index (Phi) is 3.15. The molecule has 2 N–H and O–H groups in total. The second kappa shape index (κ2) is 4.44. The van der Waals surface area contributed by atoms with Crippen molar-refractivity contribution in [3.63, 3.8) is 0 Å². The number of hydrogen-bond acceptors (Lipinski definition) is 4. The summed E-state index contributed by atoms with van der Waals surface area (Å²) in [5, 5.41) is 2.93. The molecule has 0 saturated heterocycles. The van der Waals surface area contributed by atoms with Gasteiger partial charge >= 0.3 is 0 Å². The molecule has 6 heteroatoms. The van der Waals surface area contributed by atoms with Gasteiger partial charge < -0.3 is 10.1 Å². The largest absolute Gasteiger partial charge is 0.490 e. The molecule has 1 aromatic rings. The van der Waals surface area contributed by atoms with Crippen LogP contribution < -0.4 is 14.8 Å². The Morgan fingerprint density at radius 3 is 2.53 bits per heavy atom. The third-order valence-corrected chi connectivity index (χ3v) is 2.97. The van der Waals surface area contributed by atoms with E-state index in [0.717, 1.165) is 24.8 Å². The van der Waals surface area contributed by atoms with Gasteiger partial charge in [0, 0.05) is 13.1 Å². The van der Waals surface area contributed by atoms with Gasteiger partial charge in [0.1, 0.15) is 5.75 Å². The number of sulfonamides is 1. The summed E-state index contributed by atoms with van der Waals surface area (Å²) in [4.78, 5) is 0. The predicted molar refractivity (Wildman–Crippen MR) is 68.1 cm³/mol. The van der Waals surface area contributed by atoms with E-state index in [1.807, 2.05) is 6.07 Å².